The van der Waals surface area contributed by atoms with Gasteiger partial charge in [-0.15, -0.1) is 0 Å². The summed E-state index contributed by atoms with van der Waals surface area (Å²) in [5.41, 5.74) is 2.41. The molecule has 2 amide bonds. The van der Waals surface area contributed by atoms with Crippen molar-refractivity contribution < 1.29 is 23.1 Å². The highest BCUT2D eigenvalue weighted by Crippen LogP contribution is 2.39. The average Bonchev–Trinajstić information content (AvgIpc) is 3.49. The molecular formula is C27H22F2N4O3S. The zero-order valence-electron chi connectivity index (χ0n) is 19.7. The first-order chi connectivity index (χ1) is 17.9. The number of methoxy groups -OCH3 is 1. The van der Waals surface area contributed by atoms with Crippen molar-refractivity contribution in [3.05, 3.63) is 95.6 Å². The smallest absolute Gasteiger partial charge is 0.262 e. The molecule has 2 atom stereocenters. The first-order valence-electron chi connectivity index (χ1n) is 11.5. The lowest BCUT2D eigenvalue weighted by Gasteiger charge is -2.23. The number of halogens is 2. The van der Waals surface area contributed by atoms with Crippen LogP contribution in [0, 0.1) is 11.6 Å². The van der Waals surface area contributed by atoms with E-state index in [1.807, 2.05) is 24.3 Å². The summed E-state index contributed by atoms with van der Waals surface area (Å²) in [4.78, 5) is 29.4. The first-order valence-corrected chi connectivity index (χ1v) is 12.4. The number of benzene rings is 3. The van der Waals surface area contributed by atoms with E-state index in [0.717, 1.165) is 17.3 Å². The molecule has 2 heterocycles. The second-order valence-electron chi connectivity index (χ2n) is 8.46. The van der Waals surface area contributed by atoms with Crippen molar-refractivity contribution in [1.29, 1.82) is 0 Å². The molecule has 5 rings (SSSR count). The zero-order chi connectivity index (χ0) is 25.9. The molecule has 0 aliphatic carbocycles. The van der Waals surface area contributed by atoms with Crippen LogP contribution in [-0.4, -0.2) is 40.1 Å². The van der Waals surface area contributed by atoms with E-state index in [2.05, 4.69) is 10.3 Å². The summed E-state index contributed by atoms with van der Waals surface area (Å²) in [5.74, 6) is -0.957. The highest BCUT2D eigenvalue weighted by molar-refractivity contribution is 8.15. The molecule has 0 spiro atoms. The molecule has 0 saturated carbocycles. The minimum Gasteiger partial charge on any atom is -0.497 e. The number of nitrogens with zero attached hydrogens (tertiary/aromatic N) is 3. The number of anilines is 1. The monoisotopic (exact) mass is 520 g/mol. The van der Waals surface area contributed by atoms with E-state index < -0.39 is 28.9 Å². The summed E-state index contributed by atoms with van der Waals surface area (Å²) in [6.07, 6.45) is 0.276. The lowest BCUT2D eigenvalue weighted by molar-refractivity contribution is -0.121. The van der Waals surface area contributed by atoms with Crippen LogP contribution in [-0.2, 0) is 9.59 Å². The predicted octanol–water partition coefficient (Wildman–Crippen LogP) is 5.15. The Hall–Kier alpha value is -4.05. The van der Waals surface area contributed by atoms with Gasteiger partial charge in [-0.3, -0.25) is 9.59 Å². The lowest BCUT2D eigenvalue weighted by atomic mass is 9.98. The molecule has 2 aliphatic rings. The molecule has 0 aromatic heterocycles. The van der Waals surface area contributed by atoms with Gasteiger partial charge in [-0.05, 0) is 60.2 Å². The van der Waals surface area contributed by atoms with Crippen LogP contribution in [0.3, 0.4) is 0 Å². The highest BCUT2D eigenvalue weighted by atomic mass is 32.2. The van der Waals surface area contributed by atoms with E-state index in [1.54, 1.807) is 30.3 Å². The van der Waals surface area contributed by atoms with Gasteiger partial charge in [0.1, 0.15) is 22.6 Å². The number of thioether (sulfide) groups is 1. The number of hydrogen-bond acceptors (Lipinski definition) is 6. The van der Waals surface area contributed by atoms with Crippen LogP contribution in [0.15, 0.2) is 82.9 Å². The number of rotatable bonds is 6. The fraction of sp³-hybridized carbons (Fsp3) is 0.185. The normalized spacial score (nSPS) is 19.0. The van der Waals surface area contributed by atoms with Crippen LogP contribution in [0.2, 0.25) is 0 Å². The standard InChI is InChI=1S/C27H22F2N4O3S/c1-36-19-12-6-16(7-13-19)22-14-23(20-4-2-3-5-21(20)29)33(32-22)27-31-26(35)24(37-27)15-25(34)30-18-10-8-17(28)9-11-18/h2-13,23-24H,14-15H2,1H3,(H,30,34). The van der Waals surface area contributed by atoms with Gasteiger partial charge in [0.15, 0.2) is 5.17 Å². The minimum atomic E-state index is -0.753. The topological polar surface area (TPSA) is 83.4 Å². The summed E-state index contributed by atoms with van der Waals surface area (Å²) in [6, 6.07) is 18.7. The Kier molecular flexibility index (Phi) is 7.00. The van der Waals surface area contributed by atoms with Crippen LogP contribution in [0.25, 0.3) is 0 Å². The number of hydrogen-bond donors (Lipinski definition) is 1. The Bertz CT molecular complexity index is 1390. The van der Waals surface area contributed by atoms with Gasteiger partial charge in [0.2, 0.25) is 5.91 Å². The maximum Gasteiger partial charge on any atom is 0.262 e. The predicted molar refractivity (Wildman–Crippen MR) is 139 cm³/mol. The van der Waals surface area contributed by atoms with Crippen molar-refractivity contribution in [2.24, 2.45) is 10.1 Å². The van der Waals surface area contributed by atoms with Gasteiger partial charge >= 0.3 is 0 Å². The number of amides is 2. The number of amidine groups is 1. The van der Waals surface area contributed by atoms with E-state index >= 15 is 0 Å². The van der Waals surface area contributed by atoms with Crippen molar-refractivity contribution in [2.75, 3.05) is 12.4 Å². The highest BCUT2D eigenvalue weighted by Gasteiger charge is 2.39. The quantitative estimate of drug-likeness (QED) is 0.486. The van der Waals surface area contributed by atoms with Crippen molar-refractivity contribution in [3.8, 4) is 5.75 Å². The minimum absolute atomic E-state index is 0.124. The molecule has 0 bridgehead atoms. The maximum absolute atomic E-state index is 14.8. The molecule has 0 fully saturated rings. The lowest BCUT2D eigenvalue weighted by Crippen LogP contribution is -2.25. The van der Waals surface area contributed by atoms with E-state index in [-0.39, 0.29) is 12.2 Å². The van der Waals surface area contributed by atoms with Gasteiger partial charge in [0.05, 0.1) is 18.9 Å². The molecule has 1 N–H and O–H groups in total. The Morgan fingerprint density at radius 3 is 2.51 bits per heavy atom. The number of carbonyl (C=O) groups is 2. The Morgan fingerprint density at radius 1 is 1.08 bits per heavy atom. The van der Waals surface area contributed by atoms with Gasteiger partial charge in [-0.2, -0.15) is 10.1 Å². The molecule has 0 radical (unpaired) electrons. The van der Waals surface area contributed by atoms with Crippen molar-refractivity contribution >= 4 is 40.1 Å². The van der Waals surface area contributed by atoms with Gasteiger partial charge in [0.25, 0.3) is 5.91 Å². The van der Waals surface area contributed by atoms with Crippen LogP contribution >= 0.6 is 11.8 Å². The number of hydrazone groups is 1. The molecule has 188 valence electrons. The third-order valence-electron chi connectivity index (χ3n) is 6.02. The molecule has 2 aliphatic heterocycles. The zero-order valence-corrected chi connectivity index (χ0v) is 20.5. The molecule has 2 unspecified atom stereocenters. The Balaban J connectivity index is 1.36. The van der Waals surface area contributed by atoms with E-state index in [1.165, 1.54) is 30.3 Å². The van der Waals surface area contributed by atoms with Gasteiger partial charge in [0, 0.05) is 24.1 Å². The number of aliphatic imine (C=N–C) groups is 1. The summed E-state index contributed by atoms with van der Waals surface area (Å²) in [7, 11) is 1.58. The van der Waals surface area contributed by atoms with Crippen LogP contribution in [0.5, 0.6) is 5.75 Å². The molecule has 10 heteroatoms. The Morgan fingerprint density at radius 2 is 1.81 bits per heavy atom. The number of ether oxygens (including phenoxy) is 1. The molecule has 0 saturated heterocycles. The first kappa shape index (κ1) is 24.6. The fourth-order valence-corrected chi connectivity index (χ4v) is 5.21. The van der Waals surface area contributed by atoms with Crippen molar-refractivity contribution in [1.82, 2.24) is 5.01 Å². The van der Waals surface area contributed by atoms with Gasteiger partial charge in [-0.1, -0.05) is 30.0 Å². The van der Waals surface area contributed by atoms with Gasteiger partial charge < -0.3 is 10.1 Å². The second-order valence-corrected chi connectivity index (χ2v) is 9.63. The largest absolute Gasteiger partial charge is 0.497 e. The molecule has 3 aromatic rings. The molecule has 7 nitrogen and oxygen atoms in total. The average molecular weight is 521 g/mol. The second kappa shape index (κ2) is 10.5. The van der Waals surface area contributed by atoms with Crippen LogP contribution in [0.1, 0.15) is 30.0 Å². The summed E-state index contributed by atoms with van der Waals surface area (Å²) < 4.78 is 33.2. The SMILES string of the molecule is COc1ccc(C2=NN(C3=NC(=O)C(CC(=O)Nc4ccc(F)cc4)S3)C(c3ccccc3F)C2)cc1. The summed E-state index contributed by atoms with van der Waals surface area (Å²) in [6.45, 7) is 0. The molecule has 37 heavy (non-hydrogen) atoms. The van der Waals surface area contributed by atoms with Crippen molar-refractivity contribution in [2.45, 2.75) is 24.1 Å². The van der Waals surface area contributed by atoms with Crippen LogP contribution in [0.4, 0.5) is 14.5 Å². The molecule has 3 aromatic carbocycles. The maximum atomic E-state index is 14.8. The third kappa shape index (κ3) is 5.39. The molecular weight excluding hydrogens is 498 g/mol. The third-order valence-corrected chi connectivity index (χ3v) is 7.16. The summed E-state index contributed by atoms with van der Waals surface area (Å²) in [5, 5.41) is 8.50. The van der Waals surface area contributed by atoms with E-state index in [9.17, 15) is 18.4 Å². The van der Waals surface area contributed by atoms with Crippen LogP contribution < -0.4 is 10.1 Å². The summed E-state index contributed by atoms with van der Waals surface area (Å²) >= 11 is 1.12. The van der Waals surface area contributed by atoms with E-state index in [0.29, 0.717) is 34.3 Å². The number of nitrogens with one attached hydrogen (secondary N) is 1. The Labute approximate surface area is 216 Å². The van der Waals surface area contributed by atoms with Crippen molar-refractivity contribution in [3.63, 3.8) is 0 Å². The van der Waals surface area contributed by atoms with Gasteiger partial charge in [-0.25, -0.2) is 13.8 Å². The fourth-order valence-electron chi connectivity index (χ4n) is 4.15. The number of carbonyl (C=O) groups excluding carboxylic acids is 2. The van der Waals surface area contributed by atoms with E-state index in [4.69, 9.17) is 9.84 Å².